The second kappa shape index (κ2) is 10.5. The maximum atomic E-state index is 15.7. The number of nitro groups is 1. The predicted octanol–water partition coefficient (Wildman–Crippen LogP) is 5.36. The molecule has 224 valence electrons. The Labute approximate surface area is 249 Å². The minimum absolute atomic E-state index is 0.0823. The van der Waals surface area contributed by atoms with Crippen LogP contribution in [0.1, 0.15) is 24.5 Å². The number of fused-ring (bicyclic) bond motifs is 3. The zero-order valence-electron chi connectivity index (χ0n) is 24.0. The quantitative estimate of drug-likeness (QED) is 0.167. The first-order valence-corrected chi connectivity index (χ1v) is 17.1. The highest BCUT2D eigenvalue weighted by atomic mass is 28.4. The van der Waals surface area contributed by atoms with Crippen LogP contribution in [0.15, 0.2) is 66.7 Å². The molecule has 0 unspecified atom stereocenters. The van der Waals surface area contributed by atoms with Crippen LogP contribution in [0.4, 0.5) is 26.9 Å². The van der Waals surface area contributed by atoms with Crippen molar-refractivity contribution in [2.45, 2.75) is 50.2 Å². The van der Waals surface area contributed by atoms with Gasteiger partial charge in [-0.2, -0.15) is 0 Å². The number of carbonyl (C=O) groups excluding carboxylic acids is 2. The number of nitrogens with zero attached hydrogens (tertiary/aromatic N) is 3. The smallest absolute Gasteiger partial charge is 0.269 e. The van der Waals surface area contributed by atoms with E-state index in [0.717, 1.165) is 5.56 Å². The lowest BCUT2D eigenvalue weighted by molar-refractivity contribution is -0.385. The molecule has 3 aromatic carbocycles. The van der Waals surface area contributed by atoms with Crippen molar-refractivity contribution in [1.82, 2.24) is 0 Å². The summed E-state index contributed by atoms with van der Waals surface area (Å²) in [5, 5.41) is 21.5. The number of anilines is 3. The summed E-state index contributed by atoms with van der Waals surface area (Å²) in [6.07, 6.45) is -0.560. The highest BCUT2D eigenvalue weighted by molar-refractivity contribution is 6.72. The second-order valence-corrected chi connectivity index (χ2v) is 15.6. The van der Waals surface area contributed by atoms with Gasteiger partial charge in [0.2, 0.25) is 8.41 Å². The van der Waals surface area contributed by atoms with E-state index in [1.165, 1.54) is 17.0 Å². The van der Waals surface area contributed by atoms with Gasteiger partial charge in [0.05, 0.1) is 28.9 Å². The van der Waals surface area contributed by atoms with Gasteiger partial charge in [0.15, 0.2) is 12.2 Å². The normalized spacial score (nSPS) is 24.7. The number of para-hydroxylation sites is 2. The molecule has 0 saturated carbocycles. The Bertz CT molecular complexity index is 1610. The van der Waals surface area contributed by atoms with Crippen molar-refractivity contribution in [3.05, 3.63) is 88.0 Å². The number of non-ortho nitro benzene ring substituents is 1. The van der Waals surface area contributed by atoms with E-state index in [-0.39, 0.29) is 37.8 Å². The molecule has 1 N–H and O–H groups in total. The van der Waals surface area contributed by atoms with Gasteiger partial charge in [0.1, 0.15) is 5.75 Å². The lowest BCUT2D eigenvalue weighted by Gasteiger charge is -2.31. The van der Waals surface area contributed by atoms with E-state index in [0.29, 0.717) is 28.4 Å². The summed E-state index contributed by atoms with van der Waals surface area (Å²) < 4.78 is 27.7. The minimum Gasteiger partial charge on any atom is -0.482 e. The molecule has 3 aliphatic heterocycles. The number of ether oxygens (including phenoxy) is 2. The average Bonchev–Trinajstić information content (AvgIpc) is 3.40. The SMILES string of the molecule is C[C@H]1[C@H]([Si](C)(C)F)[C@@H](CCO)O[C@]12C(=O)N(Cc1ccc(N3C(=O)COc4ccccc43)cc1)c1ccc([N+](=O)[O-])cc12. The Kier molecular flexibility index (Phi) is 7.10. The molecule has 43 heavy (non-hydrogen) atoms. The number of aliphatic hydroxyl groups is 1. The lowest BCUT2D eigenvalue weighted by Crippen LogP contribution is -2.45. The first-order chi connectivity index (χ1) is 20.5. The van der Waals surface area contributed by atoms with Gasteiger partial charge in [-0.05, 0) is 55.4 Å². The topological polar surface area (TPSA) is 122 Å². The second-order valence-electron chi connectivity index (χ2n) is 11.8. The van der Waals surface area contributed by atoms with Crippen LogP contribution in [0.25, 0.3) is 0 Å². The van der Waals surface area contributed by atoms with Gasteiger partial charge in [-0.3, -0.25) is 24.6 Å². The molecule has 0 aliphatic carbocycles. The number of benzene rings is 3. The number of aliphatic hydroxyl groups excluding tert-OH is 1. The Morgan fingerprint density at radius 2 is 1.81 bits per heavy atom. The third-order valence-electron chi connectivity index (χ3n) is 8.81. The number of hydrogen-bond acceptors (Lipinski definition) is 7. The molecule has 1 spiro atoms. The minimum atomic E-state index is -3.40. The largest absolute Gasteiger partial charge is 0.482 e. The molecule has 1 saturated heterocycles. The van der Waals surface area contributed by atoms with Crippen molar-refractivity contribution >= 4 is 43.0 Å². The first kappa shape index (κ1) is 29.0. The molecule has 4 atom stereocenters. The molecule has 0 radical (unpaired) electrons. The fourth-order valence-corrected chi connectivity index (χ4v) is 9.56. The highest BCUT2D eigenvalue weighted by Crippen LogP contribution is 2.60. The van der Waals surface area contributed by atoms with Crippen LogP contribution in [0.3, 0.4) is 0 Å². The lowest BCUT2D eigenvalue weighted by atomic mass is 9.82. The molecule has 0 bridgehead atoms. The maximum Gasteiger partial charge on any atom is 0.269 e. The van der Waals surface area contributed by atoms with Crippen molar-refractivity contribution < 1.29 is 33.2 Å². The maximum absolute atomic E-state index is 15.7. The summed E-state index contributed by atoms with van der Waals surface area (Å²) in [4.78, 5) is 41.5. The Balaban J connectivity index is 1.37. The van der Waals surface area contributed by atoms with E-state index in [1.54, 1.807) is 55.2 Å². The van der Waals surface area contributed by atoms with Crippen LogP contribution in [0.2, 0.25) is 18.6 Å². The molecule has 3 aromatic rings. The van der Waals surface area contributed by atoms with E-state index < -0.39 is 42.4 Å². The van der Waals surface area contributed by atoms with Gasteiger partial charge in [-0.1, -0.05) is 31.2 Å². The van der Waals surface area contributed by atoms with Gasteiger partial charge in [0, 0.05) is 41.4 Å². The molecule has 0 aromatic heterocycles. The van der Waals surface area contributed by atoms with Gasteiger partial charge < -0.3 is 23.6 Å². The molecule has 12 heteroatoms. The third-order valence-corrected chi connectivity index (χ3v) is 11.3. The van der Waals surface area contributed by atoms with Gasteiger partial charge in [-0.15, -0.1) is 0 Å². The van der Waals surface area contributed by atoms with E-state index in [9.17, 15) is 24.8 Å². The zero-order valence-corrected chi connectivity index (χ0v) is 25.0. The standard InChI is InChI=1S/C31H32FN3O7Si/c1-19-29(43(2,3)32)27(14-15-36)42-31(19)23-16-22(35(39)40)12-13-24(23)33(30(31)38)17-20-8-10-21(11-9-20)34-25-6-4-5-7-26(25)41-18-28(34)37/h4-13,16,19,27,29,36H,14-15,17-18H2,1-3H3/t19-,27+,29-,31+/m0/s1. The Morgan fingerprint density at radius 1 is 1.09 bits per heavy atom. The van der Waals surface area contributed by atoms with Crippen molar-refractivity contribution in [3.8, 4) is 5.75 Å². The fraction of sp³-hybridized carbons (Fsp3) is 0.355. The summed E-state index contributed by atoms with van der Waals surface area (Å²) in [5.41, 5.74) is 0.416. The fourth-order valence-electron chi connectivity index (χ4n) is 7.02. The van der Waals surface area contributed by atoms with Crippen molar-refractivity contribution in [2.24, 2.45) is 5.92 Å². The molecular weight excluding hydrogens is 573 g/mol. The van der Waals surface area contributed by atoms with Crippen LogP contribution in [0, 0.1) is 16.0 Å². The molecule has 1 fully saturated rings. The summed E-state index contributed by atoms with van der Waals surface area (Å²) in [6, 6.07) is 18.7. The Hall–Kier alpha value is -4.13. The molecule has 3 aliphatic rings. The van der Waals surface area contributed by atoms with Crippen LogP contribution in [-0.4, -0.2) is 49.6 Å². The van der Waals surface area contributed by atoms with Crippen molar-refractivity contribution in [3.63, 3.8) is 0 Å². The number of nitro benzene ring substituents is 1. The zero-order chi connectivity index (χ0) is 30.7. The summed E-state index contributed by atoms with van der Waals surface area (Å²) in [7, 11) is -3.40. The average molecular weight is 606 g/mol. The Morgan fingerprint density at radius 3 is 2.49 bits per heavy atom. The van der Waals surface area contributed by atoms with E-state index in [2.05, 4.69) is 0 Å². The van der Waals surface area contributed by atoms with Gasteiger partial charge in [0.25, 0.3) is 17.5 Å². The third kappa shape index (κ3) is 4.60. The number of carbonyl (C=O) groups is 2. The number of amides is 2. The van der Waals surface area contributed by atoms with Gasteiger partial charge in [-0.25, -0.2) is 0 Å². The van der Waals surface area contributed by atoms with Crippen LogP contribution < -0.4 is 14.5 Å². The molecule has 6 rings (SSSR count). The number of rotatable bonds is 7. The van der Waals surface area contributed by atoms with Crippen LogP contribution >= 0.6 is 0 Å². The van der Waals surface area contributed by atoms with Crippen LogP contribution in [-0.2, 0) is 26.5 Å². The summed E-state index contributed by atoms with van der Waals surface area (Å²) in [5.74, 6) is -0.644. The molecule has 3 heterocycles. The predicted molar refractivity (Wildman–Crippen MR) is 160 cm³/mol. The molecule has 2 amide bonds. The number of halogens is 1. The van der Waals surface area contributed by atoms with Crippen LogP contribution in [0.5, 0.6) is 5.75 Å². The van der Waals surface area contributed by atoms with Gasteiger partial charge >= 0.3 is 0 Å². The van der Waals surface area contributed by atoms with Crippen molar-refractivity contribution in [2.75, 3.05) is 23.0 Å². The van der Waals surface area contributed by atoms with E-state index >= 15 is 4.11 Å². The summed E-state index contributed by atoms with van der Waals surface area (Å²) >= 11 is 0. The summed E-state index contributed by atoms with van der Waals surface area (Å²) in [6.45, 7) is 4.70. The first-order valence-electron chi connectivity index (χ1n) is 14.2. The molecular formula is C31H32FN3O7Si. The molecule has 10 nitrogen and oxygen atoms in total. The van der Waals surface area contributed by atoms with Crippen molar-refractivity contribution in [1.29, 1.82) is 0 Å². The number of hydrogen-bond donors (Lipinski definition) is 1. The monoisotopic (exact) mass is 605 g/mol. The van der Waals surface area contributed by atoms with E-state index in [1.807, 2.05) is 24.3 Å². The highest BCUT2D eigenvalue weighted by Gasteiger charge is 2.66. The van der Waals surface area contributed by atoms with E-state index in [4.69, 9.17) is 9.47 Å².